The van der Waals surface area contributed by atoms with Crippen molar-refractivity contribution in [3.05, 3.63) is 0 Å². The number of nitrogens with one attached hydrogen (secondary N) is 1. The summed E-state index contributed by atoms with van der Waals surface area (Å²) in [6, 6.07) is -0.619. The van der Waals surface area contributed by atoms with Gasteiger partial charge >= 0.3 is 5.97 Å². The second-order valence-corrected chi connectivity index (χ2v) is 5.97. The summed E-state index contributed by atoms with van der Waals surface area (Å²) in [6.45, 7) is 2.07. The van der Waals surface area contributed by atoms with Crippen molar-refractivity contribution in [1.29, 1.82) is 0 Å². The molecule has 6 heteroatoms. The van der Waals surface area contributed by atoms with Crippen LogP contribution in [0.15, 0.2) is 0 Å². The van der Waals surface area contributed by atoms with Crippen LogP contribution in [0.2, 0.25) is 0 Å². The Morgan fingerprint density at radius 3 is 2.94 bits per heavy atom. The summed E-state index contributed by atoms with van der Waals surface area (Å²) in [7, 11) is 0. The van der Waals surface area contributed by atoms with Crippen molar-refractivity contribution in [3.63, 3.8) is 0 Å². The summed E-state index contributed by atoms with van der Waals surface area (Å²) < 4.78 is 0. The molecule has 2 saturated heterocycles. The fourth-order valence-corrected chi connectivity index (χ4v) is 3.71. The lowest BCUT2D eigenvalue weighted by Gasteiger charge is -2.24. The number of carbonyl (C=O) groups is 2. The number of rotatable bonds is 4. The van der Waals surface area contributed by atoms with Crippen molar-refractivity contribution >= 4 is 23.6 Å². The van der Waals surface area contributed by atoms with E-state index in [2.05, 4.69) is 5.32 Å². The van der Waals surface area contributed by atoms with E-state index in [0.717, 1.165) is 19.5 Å². The van der Waals surface area contributed by atoms with E-state index in [0.29, 0.717) is 24.0 Å². The zero-order valence-electron chi connectivity index (χ0n) is 10.4. The predicted octanol–water partition coefficient (Wildman–Crippen LogP) is 0.752. The first-order valence-electron chi connectivity index (χ1n) is 6.49. The standard InChI is InChI=1S/C12H20N2O3S/c15-11(4-3-9-2-1-5-13-6-9)14-8-18-7-10(14)12(16)17/h9-10,13H,1-8H2,(H,16,17)/t9?,10-/m0/s1. The second-order valence-electron chi connectivity index (χ2n) is 4.97. The molecule has 0 aromatic carbocycles. The number of hydrogen-bond acceptors (Lipinski definition) is 4. The number of carboxylic acids is 1. The van der Waals surface area contributed by atoms with Gasteiger partial charge in [-0.15, -0.1) is 11.8 Å². The van der Waals surface area contributed by atoms with Crippen molar-refractivity contribution < 1.29 is 14.7 Å². The van der Waals surface area contributed by atoms with E-state index < -0.39 is 12.0 Å². The van der Waals surface area contributed by atoms with Gasteiger partial charge < -0.3 is 15.3 Å². The van der Waals surface area contributed by atoms with E-state index in [9.17, 15) is 9.59 Å². The molecule has 1 unspecified atom stereocenters. The third-order valence-corrected chi connectivity index (χ3v) is 4.67. The largest absolute Gasteiger partial charge is 0.480 e. The van der Waals surface area contributed by atoms with Gasteiger partial charge in [0.2, 0.25) is 5.91 Å². The minimum absolute atomic E-state index is 0.00188. The quantitative estimate of drug-likeness (QED) is 0.790. The van der Waals surface area contributed by atoms with Crippen molar-refractivity contribution in [3.8, 4) is 0 Å². The first-order valence-corrected chi connectivity index (χ1v) is 7.64. The van der Waals surface area contributed by atoms with E-state index in [4.69, 9.17) is 5.11 Å². The maximum absolute atomic E-state index is 12.0. The maximum atomic E-state index is 12.0. The molecule has 2 aliphatic rings. The highest BCUT2D eigenvalue weighted by atomic mass is 32.2. The topological polar surface area (TPSA) is 69.6 Å². The molecule has 2 aliphatic heterocycles. The fourth-order valence-electron chi connectivity index (χ4n) is 2.53. The number of thioether (sulfide) groups is 1. The van der Waals surface area contributed by atoms with E-state index in [1.807, 2.05) is 0 Å². The highest BCUT2D eigenvalue weighted by Gasteiger charge is 2.34. The molecule has 2 N–H and O–H groups in total. The smallest absolute Gasteiger partial charge is 0.327 e. The average Bonchev–Trinajstić information content (AvgIpc) is 2.86. The molecule has 102 valence electrons. The number of aliphatic carboxylic acids is 1. The second kappa shape index (κ2) is 6.43. The molecule has 1 amide bonds. The minimum Gasteiger partial charge on any atom is -0.480 e. The zero-order valence-corrected chi connectivity index (χ0v) is 11.2. The molecule has 0 aromatic rings. The van der Waals surface area contributed by atoms with Crippen LogP contribution in [0.25, 0.3) is 0 Å². The number of hydrogen-bond donors (Lipinski definition) is 2. The van der Waals surface area contributed by atoms with Gasteiger partial charge in [-0.2, -0.15) is 0 Å². The SMILES string of the molecule is O=C(O)[C@@H]1CSCN1C(=O)CCC1CCCNC1. The summed E-state index contributed by atoms with van der Waals surface area (Å²) in [5.74, 6) is 0.733. The lowest BCUT2D eigenvalue weighted by atomic mass is 9.94. The van der Waals surface area contributed by atoms with E-state index in [1.165, 1.54) is 29.5 Å². The third kappa shape index (κ3) is 3.38. The first-order chi connectivity index (χ1) is 8.68. The first kappa shape index (κ1) is 13.7. The summed E-state index contributed by atoms with van der Waals surface area (Å²) in [6.07, 6.45) is 3.71. The fraction of sp³-hybridized carbons (Fsp3) is 0.833. The maximum Gasteiger partial charge on any atom is 0.327 e. The van der Waals surface area contributed by atoms with Gasteiger partial charge in [-0.1, -0.05) is 0 Å². The van der Waals surface area contributed by atoms with Gasteiger partial charge in [-0.3, -0.25) is 4.79 Å². The van der Waals surface area contributed by atoms with Crippen LogP contribution in [0.5, 0.6) is 0 Å². The lowest BCUT2D eigenvalue weighted by Crippen LogP contribution is -2.42. The Bertz CT molecular complexity index is 318. The summed E-state index contributed by atoms with van der Waals surface area (Å²) in [5.41, 5.74) is 0. The molecule has 18 heavy (non-hydrogen) atoms. The molecule has 0 bridgehead atoms. The number of nitrogens with zero attached hydrogens (tertiary/aromatic N) is 1. The highest BCUT2D eigenvalue weighted by molar-refractivity contribution is 7.99. The Balaban J connectivity index is 1.78. The minimum atomic E-state index is -0.882. The monoisotopic (exact) mass is 272 g/mol. The van der Waals surface area contributed by atoms with Crippen molar-refractivity contribution in [2.45, 2.75) is 31.7 Å². The number of amides is 1. The van der Waals surface area contributed by atoms with E-state index in [1.54, 1.807) is 0 Å². The number of piperidine rings is 1. The Morgan fingerprint density at radius 1 is 1.44 bits per heavy atom. The zero-order chi connectivity index (χ0) is 13.0. The van der Waals surface area contributed by atoms with E-state index >= 15 is 0 Å². The van der Waals surface area contributed by atoms with Crippen LogP contribution in [-0.2, 0) is 9.59 Å². The molecule has 2 atom stereocenters. The van der Waals surface area contributed by atoms with Gasteiger partial charge in [0, 0.05) is 12.2 Å². The Hall–Kier alpha value is -0.750. The van der Waals surface area contributed by atoms with Crippen LogP contribution in [0.1, 0.15) is 25.7 Å². The molecular formula is C12H20N2O3S. The summed E-state index contributed by atoms with van der Waals surface area (Å²) in [5, 5.41) is 12.4. The number of carbonyl (C=O) groups excluding carboxylic acids is 1. The Kier molecular flexibility index (Phi) is 4.88. The molecule has 2 fully saturated rings. The predicted molar refractivity (Wildman–Crippen MR) is 70.4 cm³/mol. The van der Waals surface area contributed by atoms with Crippen LogP contribution >= 0.6 is 11.8 Å². The molecule has 0 aromatic heterocycles. The van der Waals surface area contributed by atoms with Crippen LogP contribution in [0.4, 0.5) is 0 Å². The summed E-state index contributed by atoms with van der Waals surface area (Å²) in [4.78, 5) is 24.6. The highest BCUT2D eigenvalue weighted by Crippen LogP contribution is 2.23. The summed E-state index contributed by atoms with van der Waals surface area (Å²) >= 11 is 1.52. The third-order valence-electron chi connectivity index (χ3n) is 3.65. The molecule has 0 radical (unpaired) electrons. The molecule has 2 rings (SSSR count). The molecule has 0 aliphatic carbocycles. The van der Waals surface area contributed by atoms with Crippen LogP contribution < -0.4 is 5.32 Å². The Morgan fingerprint density at radius 2 is 2.28 bits per heavy atom. The molecule has 0 saturated carbocycles. The molecule has 0 spiro atoms. The normalized spacial score (nSPS) is 28.3. The van der Waals surface area contributed by atoms with Gasteiger partial charge in [0.05, 0.1) is 5.88 Å². The van der Waals surface area contributed by atoms with Crippen LogP contribution in [-0.4, -0.2) is 52.6 Å². The van der Waals surface area contributed by atoms with Crippen molar-refractivity contribution in [2.24, 2.45) is 5.92 Å². The van der Waals surface area contributed by atoms with Gasteiger partial charge in [-0.25, -0.2) is 4.79 Å². The van der Waals surface area contributed by atoms with Crippen molar-refractivity contribution in [1.82, 2.24) is 10.2 Å². The van der Waals surface area contributed by atoms with Crippen LogP contribution in [0.3, 0.4) is 0 Å². The van der Waals surface area contributed by atoms with Crippen LogP contribution in [0, 0.1) is 5.92 Å². The van der Waals surface area contributed by atoms with Gasteiger partial charge in [0.15, 0.2) is 0 Å². The van der Waals surface area contributed by atoms with E-state index in [-0.39, 0.29) is 5.91 Å². The van der Waals surface area contributed by atoms with Gasteiger partial charge in [0.1, 0.15) is 6.04 Å². The van der Waals surface area contributed by atoms with Crippen molar-refractivity contribution in [2.75, 3.05) is 24.7 Å². The molecule has 5 nitrogen and oxygen atoms in total. The molecular weight excluding hydrogens is 252 g/mol. The number of carboxylic acid groups (broad SMARTS) is 1. The van der Waals surface area contributed by atoms with Gasteiger partial charge in [0.25, 0.3) is 0 Å². The van der Waals surface area contributed by atoms with Gasteiger partial charge in [-0.05, 0) is 38.3 Å². The average molecular weight is 272 g/mol. The molecule has 2 heterocycles. The lowest BCUT2D eigenvalue weighted by molar-refractivity contribution is -0.147. The Labute approximate surface area is 111 Å².